The van der Waals surface area contributed by atoms with E-state index >= 15 is 0 Å². The number of H-pyrrole nitrogens is 1. The standard InChI is InChI=1S/C31H42N8O2.C9H16O2.C2H6.C2H4/c1-2-25-18-28-29(35-30(25)40)17-24(19-33-28)22-37-13-15-38(16-14-37)26-3-4-27(34-20-26)31(41)39-9-5-23(6-10-39)21-36-11-7-32-8-12-36;1-5-9(10-4)7-8(3)11-6-2;2*1-2/h3-4,17-20,23,32H,2,5-16,21-22H2,1H3,(H,35,40);5,7H,6H2,1-4H3;1-2H3;1-2H2/b;8-7+,9-5+;;. The van der Waals surface area contributed by atoms with Crippen LogP contribution in [-0.4, -0.2) is 121 Å². The first-order valence-corrected chi connectivity index (χ1v) is 20.5. The molecule has 308 valence electrons. The summed E-state index contributed by atoms with van der Waals surface area (Å²) in [6.07, 6.45) is 10.4. The summed E-state index contributed by atoms with van der Waals surface area (Å²) >= 11 is 0. The average molecular weight is 773 g/mol. The van der Waals surface area contributed by atoms with Gasteiger partial charge in [-0.15, -0.1) is 13.2 Å². The number of aromatic amines is 1. The molecule has 0 saturated carbocycles. The third-order valence-corrected chi connectivity index (χ3v) is 10.2. The molecule has 12 nitrogen and oxygen atoms in total. The number of rotatable bonds is 11. The molecule has 0 aliphatic carbocycles. The van der Waals surface area contributed by atoms with Crippen LogP contribution in [0.25, 0.3) is 11.0 Å². The third-order valence-electron chi connectivity index (χ3n) is 10.2. The first kappa shape index (κ1) is 45.9. The van der Waals surface area contributed by atoms with Crippen LogP contribution in [0, 0.1) is 5.92 Å². The van der Waals surface area contributed by atoms with E-state index in [2.05, 4.69) is 48.1 Å². The molecule has 0 radical (unpaired) electrons. The second-order valence-corrected chi connectivity index (χ2v) is 13.8. The minimum absolute atomic E-state index is 0.0279. The van der Waals surface area contributed by atoms with Crippen LogP contribution >= 0.6 is 0 Å². The van der Waals surface area contributed by atoms with Gasteiger partial charge in [-0.3, -0.25) is 19.5 Å². The Morgan fingerprint density at radius 1 is 0.946 bits per heavy atom. The lowest BCUT2D eigenvalue weighted by atomic mass is 9.95. The van der Waals surface area contributed by atoms with Crippen molar-refractivity contribution in [2.45, 2.75) is 67.3 Å². The average Bonchev–Trinajstić information content (AvgIpc) is 3.25. The highest BCUT2D eigenvalue weighted by Gasteiger charge is 2.26. The summed E-state index contributed by atoms with van der Waals surface area (Å²) in [5.41, 5.74) is 5.07. The summed E-state index contributed by atoms with van der Waals surface area (Å²) in [5, 5.41) is 3.42. The van der Waals surface area contributed by atoms with Crippen LogP contribution in [0.1, 0.15) is 76.0 Å². The first-order valence-electron chi connectivity index (χ1n) is 20.5. The maximum atomic E-state index is 13.1. The second kappa shape index (κ2) is 24.9. The number of piperidine rings is 1. The summed E-state index contributed by atoms with van der Waals surface area (Å²) in [6, 6.07) is 7.87. The lowest BCUT2D eigenvalue weighted by Gasteiger charge is -2.36. The summed E-state index contributed by atoms with van der Waals surface area (Å²) in [5.74, 6) is 2.44. The number of likely N-dealkylation sites (tertiary alicyclic amines) is 1. The number of carbonyl (C=O) groups is 1. The van der Waals surface area contributed by atoms with Crippen molar-refractivity contribution in [2.75, 3.05) is 90.6 Å². The van der Waals surface area contributed by atoms with Crippen molar-refractivity contribution in [3.05, 3.63) is 101 Å². The molecule has 3 fully saturated rings. The molecular weight excluding hydrogens is 705 g/mol. The summed E-state index contributed by atoms with van der Waals surface area (Å²) < 4.78 is 10.2. The fourth-order valence-electron chi connectivity index (χ4n) is 7.11. The van der Waals surface area contributed by atoms with Gasteiger partial charge in [-0.25, -0.2) is 4.98 Å². The van der Waals surface area contributed by atoms with Crippen LogP contribution in [0.15, 0.2) is 78.3 Å². The van der Waals surface area contributed by atoms with Gasteiger partial charge < -0.3 is 34.5 Å². The van der Waals surface area contributed by atoms with E-state index in [0.29, 0.717) is 24.6 Å². The van der Waals surface area contributed by atoms with Gasteiger partial charge in [0, 0.05) is 96.4 Å². The molecule has 6 heterocycles. The Hall–Kier alpha value is -4.52. The number of ether oxygens (including phenoxy) is 2. The Morgan fingerprint density at radius 2 is 1.64 bits per heavy atom. The van der Waals surface area contributed by atoms with Crippen molar-refractivity contribution in [1.82, 2.24) is 35.0 Å². The van der Waals surface area contributed by atoms with E-state index in [4.69, 9.17) is 9.47 Å². The van der Waals surface area contributed by atoms with E-state index in [-0.39, 0.29) is 11.5 Å². The molecule has 3 saturated heterocycles. The van der Waals surface area contributed by atoms with Gasteiger partial charge in [0.1, 0.15) is 11.5 Å². The van der Waals surface area contributed by atoms with Crippen LogP contribution in [0.3, 0.4) is 0 Å². The molecule has 6 rings (SSSR count). The van der Waals surface area contributed by atoms with Gasteiger partial charge in [0.2, 0.25) is 0 Å². The zero-order valence-corrected chi connectivity index (χ0v) is 35.2. The van der Waals surface area contributed by atoms with Crippen LogP contribution in [0.4, 0.5) is 5.69 Å². The predicted octanol–water partition coefficient (Wildman–Crippen LogP) is 6.27. The van der Waals surface area contributed by atoms with Gasteiger partial charge in [0.15, 0.2) is 0 Å². The van der Waals surface area contributed by atoms with E-state index in [1.54, 1.807) is 7.11 Å². The fourth-order valence-corrected chi connectivity index (χ4v) is 7.11. The maximum Gasteiger partial charge on any atom is 0.272 e. The molecule has 0 unspecified atom stereocenters. The third kappa shape index (κ3) is 13.9. The molecule has 12 heteroatoms. The number of methoxy groups -OCH3 is 1. The Bertz CT molecular complexity index is 1720. The number of anilines is 1. The van der Waals surface area contributed by atoms with Crippen molar-refractivity contribution in [3.8, 4) is 0 Å². The van der Waals surface area contributed by atoms with Gasteiger partial charge in [-0.05, 0) is 81.9 Å². The number of hydrogen-bond acceptors (Lipinski definition) is 10. The number of nitrogens with zero attached hydrogens (tertiary/aromatic N) is 6. The SMILES string of the molecule is C/C=C(\C=C(/C)OCC)OC.C=C.CC.CCc1cc2ncc(CN3CCN(c4ccc(C(=O)N5CCC(CN6CCNCC6)CC5)nc4)CC3)cc2[nH]c1=O. The van der Waals surface area contributed by atoms with Crippen LogP contribution in [0.5, 0.6) is 0 Å². The van der Waals surface area contributed by atoms with E-state index in [1.165, 1.54) is 0 Å². The Balaban J connectivity index is 0.000000482. The number of allylic oxidation sites excluding steroid dienone is 3. The Morgan fingerprint density at radius 3 is 2.23 bits per heavy atom. The van der Waals surface area contributed by atoms with E-state index < -0.39 is 0 Å². The number of carbonyl (C=O) groups excluding carboxylic acids is 1. The molecule has 3 aliphatic heterocycles. The number of piperazine rings is 2. The van der Waals surface area contributed by atoms with Gasteiger partial charge in [0.25, 0.3) is 11.5 Å². The molecule has 3 aromatic rings. The van der Waals surface area contributed by atoms with Crippen LogP contribution < -0.4 is 15.8 Å². The van der Waals surface area contributed by atoms with E-state index in [9.17, 15) is 9.59 Å². The number of nitrogens with one attached hydrogen (secondary N) is 2. The summed E-state index contributed by atoms with van der Waals surface area (Å²) in [4.78, 5) is 46.8. The van der Waals surface area contributed by atoms with Gasteiger partial charge >= 0.3 is 0 Å². The normalized spacial score (nSPS) is 17.1. The maximum absolute atomic E-state index is 13.1. The molecule has 0 atom stereocenters. The van der Waals surface area contributed by atoms with Gasteiger partial charge in [-0.1, -0.05) is 20.8 Å². The number of aromatic nitrogens is 3. The molecule has 56 heavy (non-hydrogen) atoms. The molecule has 2 N–H and O–H groups in total. The molecule has 1 amide bonds. The number of pyridine rings is 3. The summed E-state index contributed by atoms with van der Waals surface area (Å²) in [7, 11) is 1.64. The van der Waals surface area contributed by atoms with Gasteiger partial charge in [-0.2, -0.15) is 0 Å². The van der Waals surface area contributed by atoms with E-state index in [0.717, 1.165) is 131 Å². The van der Waals surface area contributed by atoms with E-state index in [1.807, 2.05) is 95.3 Å². The zero-order chi connectivity index (χ0) is 40.9. The minimum Gasteiger partial charge on any atom is -0.498 e. The predicted molar refractivity (Wildman–Crippen MR) is 230 cm³/mol. The number of hydrogen-bond donors (Lipinski definition) is 2. The monoisotopic (exact) mass is 773 g/mol. The van der Waals surface area contributed by atoms with Crippen molar-refractivity contribution >= 4 is 22.6 Å². The van der Waals surface area contributed by atoms with Crippen molar-refractivity contribution < 1.29 is 14.3 Å². The highest BCUT2D eigenvalue weighted by molar-refractivity contribution is 5.92. The molecule has 0 spiro atoms. The zero-order valence-electron chi connectivity index (χ0n) is 35.2. The highest BCUT2D eigenvalue weighted by atomic mass is 16.5. The van der Waals surface area contributed by atoms with Crippen molar-refractivity contribution in [1.29, 1.82) is 0 Å². The minimum atomic E-state index is -0.0279. The quantitative estimate of drug-likeness (QED) is 0.131. The topological polar surface area (TPSA) is 119 Å². The van der Waals surface area contributed by atoms with Gasteiger partial charge in [0.05, 0.1) is 42.4 Å². The Labute approximate surface area is 335 Å². The lowest BCUT2D eigenvalue weighted by Crippen LogP contribution is -2.47. The molecule has 3 aliphatic rings. The Kier molecular flexibility index (Phi) is 20.4. The second-order valence-electron chi connectivity index (χ2n) is 13.8. The van der Waals surface area contributed by atoms with Crippen LogP contribution in [0.2, 0.25) is 0 Å². The number of aryl methyl sites for hydroxylation is 1. The lowest BCUT2D eigenvalue weighted by molar-refractivity contribution is 0.0657. The first-order chi connectivity index (χ1) is 27.3. The largest absolute Gasteiger partial charge is 0.498 e. The molecular formula is C44H68N8O4. The molecule has 0 bridgehead atoms. The summed E-state index contributed by atoms with van der Waals surface area (Å²) in [6.45, 7) is 30.1. The fraction of sp³-hybridized carbons (Fsp3) is 0.545. The number of amides is 1. The molecule has 3 aromatic heterocycles. The highest BCUT2D eigenvalue weighted by Crippen LogP contribution is 2.22. The van der Waals surface area contributed by atoms with Crippen molar-refractivity contribution in [2.24, 2.45) is 5.92 Å². The smallest absolute Gasteiger partial charge is 0.272 e. The molecule has 0 aromatic carbocycles. The van der Waals surface area contributed by atoms with Crippen molar-refractivity contribution in [3.63, 3.8) is 0 Å². The van der Waals surface area contributed by atoms with Crippen LogP contribution in [-0.2, 0) is 22.4 Å². The number of fused-ring (bicyclic) bond motifs is 1.